The molecule has 0 aromatic rings. The van der Waals surface area contributed by atoms with Gasteiger partial charge in [-0.05, 0) is 24.7 Å². The second-order valence-corrected chi connectivity index (χ2v) is 4.83. The van der Waals surface area contributed by atoms with E-state index in [2.05, 4.69) is 13.5 Å². The van der Waals surface area contributed by atoms with Gasteiger partial charge in [0.05, 0.1) is 12.5 Å². The molecule has 4 heteroatoms. The first kappa shape index (κ1) is 11.2. The molecule has 1 saturated heterocycles. The summed E-state index contributed by atoms with van der Waals surface area (Å²) < 4.78 is 10.2. The zero-order valence-corrected chi connectivity index (χ0v) is 9.40. The van der Waals surface area contributed by atoms with Crippen molar-refractivity contribution in [1.29, 1.82) is 0 Å². The maximum Gasteiger partial charge on any atom is 0.330 e. The highest BCUT2D eigenvalue weighted by Gasteiger charge is 2.51. The second kappa shape index (κ2) is 3.92. The van der Waals surface area contributed by atoms with E-state index in [1.807, 2.05) is 0 Å². The van der Waals surface area contributed by atoms with Crippen molar-refractivity contribution in [1.82, 2.24) is 0 Å². The molecule has 1 heterocycles. The Hall–Kier alpha value is -1.32. The third kappa shape index (κ3) is 1.84. The molecular formula is C12H16O4. The number of hydrogen-bond donors (Lipinski definition) is 0. The summed E-state index contributed by atoms with van der Waals surface area (Å²) in [6.07, 6.45) is 3.15. The summed E-state index contributed by atoms with van der Waals surface area (Å²) in [7, 11) is 0. The minimum Gasteiger partial charge on any atom is -0.465 e. The lowest BCUT2D eigenvalue weighted by atomic mass is 9.76. The van der Waals surface area contributed by atoms with E-state index in [-0.39, 0.29) is 23.4 Å². The molecule has 0 amide bonds. The summed E-state index contributed by atoms with van der Waals surface area (Å²) in [6.45, 7) is 5.91. The van der Waals surface area contributed by atoms with Gasteiger partial charge in [0, 0.05) is 6.08 Å². The Balaban J connectivity index is 2.06. The van der Waals surface area contributed by atoms with Crippen molar-refractivity contribution in [2.24, 2.45) is 11.3 Å². The van der Waals surface area contributed by atoms with Gasteiger partial charge in [0.25, 0.3) is 0 Å². The molecule has 2 rings (SSSR count). The lowest BCUT2D eigenvalue weighted by molar-refractivity contribution is -0.160. The quantitative estimate of drug-likeness (QED) is 0.526. The van der Waals surface area contributed by atoms with E-state index in [1.165, 1.54) is 0 Å². The highest BCUT2D eigenvalue weighted by Crippen LogP contribution is 2.49. The highest BCUT2D eigenvalue weighted by molar-refractivity contribution is 5.81. The normalized spacial score (nSPS) is 37.4. The predicted molar refractivity (Wildman–Crippen MR) is 56.5 cm³/mol. The first-order chi connectivity index (χ1) is 7.55. The van der Waals surface area contributed by atoms with Crippen molar-refractivity contribution in [3.63, 3.8) is 0 Å². The number of carbonyl (C=O) groups is 2. The van der Waals surface area contributed by atoms with Crippen LogP contribution in [0.25, 0.3) is 0 Å². The Morgan fingerprint density at radius 1 is 1.69 bits per heavy atom. The molecule has 1 aliphatic carbocycles. The number of cyclic esters (lactones) is 1. The number of esters is 2. The van der Waals surface area contributed by atoms with Crippen LogP contribution in [0.5, 0.6) is 0 Å². The van der Waals surface area contributed by atoms with Crippen molar-refractivity contribution in [2.75, 3.05) is 6.61 Å². The third-order valence-electron chi connectivity index (χ3n) is 3.69. The van der Waals surface area contributed by atoms with Gasteiger partial charge in [-0.1, -0.05) is 13.5 Å². The zero-order chi connectivity index (χ0) is 11.8. The van der Waals surface area contributed by atoms with Crippen molar-refractivity contribution >= 4 is 11.9 Å². The fraction of sp³-hybridized carbons (Fsp3) is 0.667. The lowest BCUT2D eigenvalue weighted by Gasteiger charge is -2.33. The van der Waals surface area contributed by atoms with Crippen LogP contribution in [0.3, 0.4) is 0 Å². The maximum atomic E-state index is 11.6. The van der Waals surface area contributed by atoms with Gasteiger partial charge in [-0.2, -0.15) is 0 Å². The number of carbonyl (C=O) groups excluding carboxylic acids is 2. The fourth-order valence-electron chi connectivity index (χ4n) is 2.74. The fourth-order valence-corrected chi connectivity index (χ4v) is 2.74. The van der Waals surface area contributed by atoms with Gasteiger partial charge in [-0.3, -0.25) is 4.79 Å². The molecule has 3 atom stereocenters. The molecule has 2 fully saturated rings. The largest absolute Gasteiger partial charge is 0.465 e. The standard InChI is InChI=1S/C12H16O4/c1-3-10(13)16-8-6-9-11(14)15-5-4-12(9,2)7-8/h3,8-9H,1,4-7H2,2H3. The highest BCUT2D eigenvalue weighted by atomic mass is 16.5. The molecule has 0 aromatic heterocycles. The van der Waals surface area contributed by atoms with E-state index in [1.54, 1.807) is 0 Å². The molecule has 3 unspecified atom stereocenters. The molecule has 1 saturated carbocycles. The van der Waals surface area contributed by atoms with Crippen LogP contribution >= 0.6 is 0 Å². The molecule has 0 spiro atoms. The number of rotatable bonds is 2. The topological polar surface area (TPSA) is 52.6 Å². The molecule has 88 valence electrons. The van der Waals surface area contributed by atoms with Gasteiger partial charge >= 0.3 is 11.9 Å². The van der Waals surface area contributed by atoms with Crippen LogP contribution in [0.4, 0.5) is 0 Å². The zero-order valence-electron chi connectivity index (χ0n) is 9.40. The van der Waals surface area contributed by atoms with Crippen LogP contribution < -0.4 is 0 Å². The van der Waals surface area contributed by atoms with E-state index in [0.717, 1.165) is 18.9 Å². The Morgan fingerprint density at radius 2 is 2.44 bits per heavy atom. The molecule has 1 aliphatic heterocycles. The van der Waals surface area contributed by atoms with Crippen LogP contribution in [0.2, 0.25) is 0 Å². The summed E-state index contributed by atoms with van der Waals surface area (Å²) in [6, 6.07) is 0. The Kier molecular flexibility index (Phi) is 2.74. The van der Waals surface area contributed by atoms with Crippen LogP contribution in [0, 0.1) is 11.3 Å². The van der Waals surface area contributed by atoms with Crippen molar-refractivity contribution in [2.45, 2.75) is 32.3 Å². The Bertz CT molecular complexity index is 336. The summed E-state index contributed by atoms with van der Waals surface area (Å²) >= 11 is 0. The summed E-state index contributed by atoms with van der Waals surface area (Å²) in [5.74, 6) is -0.685. The van der Waals surface area contributed by atoms with Crippen molar-refractivity contribution < 1.29 is 19.1 Å². The van der Waals surface area contributed by atoms with Gasteiger partial charge in [-0.25, -0.2) is 4.79 Å². The minimum absolute atomic E-state index is 0.0680. The molecule has 16 heavy (non-hydrogen) atoms. The van der Waals surface area contributed by atoms with Crippen molar-refractivity contribution in [3.8, 4) is 0 Å². The smallest absolute Gasteiger partial charge is 0.330 e. The van der Waals surface area contributed by atoms with E-state index < -0.39 is 5.97 Å². The number of fused-ring (bicyclic) bond motifs is 1. The van der Waals surface area contributed by atoms with Gasteiger partial charge in [-0.15, -0.1) is 0 Å². The summed E-state index contributed by atoms with van der Waals surface area (Å²) in [5, 5.41) is 0. The van der Waals surface area contributed by atoms with Crippen LogP contribution in [-0.4, -0.2) is 24.6 Å². The number of hydrogen-bond acceptors (Lipinski definition) is 4. The van der Waals surface area contributed by atoms with Gasteiger partial charge in [0.1, 0.15) is 6.10 Å². The maximum absolute atomic E-state index is 11.6. The van der Waals surface area contributed by atoms with Gasteiger partial charge in [0.2, 0.25) is 0 Å². The van der Waals surface area contributed by atoms with Crippen LogP contribution in [0.15, 0.2) is 12.7 Å². The summed E-state index contributed by atoms with van der Waals surface area (Å²) in [4.78, 5) is 22.7. The Labute approximate surface area is 94.6 Å². The van der Waals surface area contributed by atoms with Crippen molar-refractivity contribution in [3.05, 3.63) is 12.7 Å². The van der Waals surface area contributed by atoms with Gasteiger partial charge in [0.15, 0.2) is 0 Å². The molecule has 2 aliphatic rings. The molecular weight excluding hydrogens is 208 g/mol. The van der Waals surface area contributed by atoms with E-state index in [4.69, 9.17) is 9.47 Å². The second-order valence-electron chi connectivity index (χ2n) is 4.83. The average Bonchev–Trinajstić information content (AvgIpc) is 2.56. The average molecular weight is 224 g/mol. The van der Waals surface area contributed by atoms with E-state index in [9.17, 15) is 9.59 Å². The molecule has 4 nitrogen and oxygen atoms in total. The van der Waals surface area contributed by atoms with Crippen LogP contribution in [-0.2, 0) is 19.1 Å². The molecule has 0 aromatic carbocycles. The predicted octanol–water partition coefficient (Wildman–Crippen LogP) is 1.45. The van der Waals surface area contributed by atoms with E-state index >= 15 is 0 Å². The van der Waals surface area contributed by atoms with E-state index in [0.29, 0.717) is 13.0 Å². The van der Waals surface area contributed by atoms with Crippen LogP contribution in [0.1, 0.15) is 26.2 Å². The molecule has 0 bridgehead atoms. The minimum atomic E-state index is -0.416. The first-order valence-electron chi connectivity index (χ1n) is 5.55. The molecule has 0 N–H and O–H groups in total. The monoisotopic (exact) mass is 224 g/mol. The molecule has 0 radical (unpaired) electrons. The number of ether oxygens (including phenoxy) is 2. The lowest BCUT2D eigenvalue weighted by Crippen LogP contribution is -2.36. The Morgan fingerprint density at radius 3 is 3.06 bits per heavy atom. The third-order valence-corrected chi connectivity index (χ3v) is 3.69. The first-order valence-corrected chi connectivity index (χ1v) is 5.55. The summed E-state index contributed by atoms with van der Waals surface area (Å²) in [5.41, 5.74) is -0.0680. The SMILES string of the molecule is C=CC(=O)OC1CC2C(=O)OCCC2(C)C1. The van der Waals surface area contributed by atoms with Gasteiger partial charge < -0.3 is 9.47 Å².